The molecule has 0 heterocycles. The van der Waals surface area contributed by atoms with Crippen molar-refractivity contribution >= 4 is 17.8 Å². The zero-order valence-electron chi connectivity index (χ0n) is 21.0. The number of aliphatic hydroxyl groups is 6. The lowest BCUT2D eigenvalue weighted by Gasteiger charge is -2.21. The molecule has 1 amide bonds. The van der Waals surface area contributed by atoms with Crippen LogP contribution in [0.4, 0.5) is 0 Å². The van der Waals surface area contributed by atoms with E-state index in [0.29, 0.717) is 19.4 Å². The predicted molar refractivity (Wildman–Crippen MR) is 129 cm³/mol. The molecule has 0 saturated carbocycles. The van der Waals surface area contributed by atoms with Gasteiger partial charge in [0.25, 0.3) is 0 Å². The van der Waals surface area contributed by atoms with E-state index in [1.54, 1.807) is 0 Å². The minimum absolute atomic E-state index is 0.112. The Hall–Kier alpha value is -2.11. The lowest BCUT2D eigenvalue weighted by molar-refractivity contribution is -0.870. The maximum atomic E-state index is 10.2. The number of amides is 1. The number of primary amides is 1. The molecule has 0 rings (SSSR count). The second kappa shape index (κ2) is 28.9. The van der Waals surface area contributed by atoms with Crippen molar-refractivity contribution in [2.75, 3.05) is 60.7 Å². The van der Waals surface area contributed by atoms with Crippen molar-refractivity contribution in [1.82, 2.24) is 5.32 Å². The number of quaternary nitrogens is 1. The highest BCUT2D eigenvalue weighted by Gasteiger charge is 2.09. The van der Waals surface area contributed by atoms with Gasteiger partial charge in [-0.3, -0.25) is 15.0 Å². The first-order valence-corrected chi connectivity index (χ1v) is 10.3. The number of nitrogens with zero attached hydrogens (tertiary/aromatic N) is 1. The van der Waals surface area contributed by atoms with Crippen LogP contribution in [0.15, 0.2) is 0 Å². The number of carbonyl (C=O) groups excluding carboxylic acids is 1. The van der Waals surface area contributed by atoms with Gasteiger partial charge in [0.15, 0.2) is 5.96 Å². The number of rotatable bonds is 10. The number of hydrogen-bond acceptors (Lipinski definition) is 10. The van der Waals surface area contributed by atoms with Gasteiger partial charge in [-0.15, -0.1) is 0 Å². The topological polar surface area (TPSA) is 290 Å². The molecular weight excluding hydrogens is 456 g/mol. The summed E-state index contributed by atoms with van der Waals surface area (Å²) < 4.78 is 0.844. The van der Waals surface area contributed by atoms with Crippen molar-refractivity contribution in [3.8, 4) is 0 Å². The molecule has 15 heteroatoms. The van der Waals surface area contributed by atoms with Crippen molar-refractivity contribution in [3.63, 3.8) is 0 Å². The van der Waals surface area contributed by atoms with E-state index in [1.165, 1.54) is 13.8 Å². The van der Waals surface area contributed by atoms with Crippen molar-refractivity contribution < 1.29 is 49.8 Å². The second-order valence-corrected chi connectivity index (χ2v) is 7.83. The molecule has 0 radical (unpaired) electrons. The summed E-state index contributed by atoms with van der Waals surface area (Å²) in [6, 6.07) is -0.821. The second-order valence-electron chi connectivity index (χ2n) is 7.83. The molecule has 0 aromatic rings. The lowest BCUT2D eigenvalue weighted by atomic mass is 10.2. The molecule has 15 N–H and O–H groups in total. The zero-order valence-corrected chi connectivity index (χ0v) is 21.0. The van der Waals surface area contributed by atoms with Gasteiger partial charge in [0.05, 0.1) is 53.7 Å². The maximum absolute atomic E-state index is 10.2. The summed E-state index contributed by atoms with van der Waals surface area (Å²) in [4.78, 5) is 19.4. The standard InChI is InChI=1S/C6H14N4O2.C5H14NO.C3H8O3.C3H8O2.C2H5NO/c7-4(5(11)12)2-1-3-10-6(8)9;1-6(2,3)4-5-7;4-1-3(6)2-5;1-3(5)2-4;1-2(3)4/h4H,1-3,7H2,(H,11,12)(H4,8,9,10);7H,4-5H2,1-3H3;3-6H,1-2H2;3-5H,2H2,1H3;1H3,(H2,3,4)/q;+1;;;. The Morgan fingerprint density at radius 1 is 1.00 bits per heavy atom. The molecule has 0 fully saturated rings. The summed E-state index contributed by atoms with van der Waals surface area (Å²) in [5.41, 5.74) is 14.7. The van der Waals surface area contributed by atoms with Gasteiger partial charge >= 0.3 is 5.97 Å². The molecule has 0 aromatic carbocycles. The van der Waals surface area contributed by atoms with Crippen molar-refractivity contribution in [3.05, 3.63) is 0 Å². The van der Waals surface area contributed by atoms with Crippen molar-refractivity contribution in [2.45, 2.75) is 44.9 Å². The SMILES string of the molecule is CC(N)=O.CC(O)CO.C[N+](C)(C)CCO.N=C(N)NCCCC(N)C(=O)O.OCC(O)CO. The van der Waals surface area contributed by atoms with Crippen LogP contribution in [0.5, 0.6) is 0 Å². The van der Waals surface area contributed by atoms with E-state index in [4.69, 9.17) is 52.6 Å². The molecular formula is C19H49N6O9+. The normalized spacial score (nSPS) is 11.4. The summed E-state index contributed by atoms with van der Waals surface area (Å²) in [5.74, 6) is -1.45. The number of likely N-dealkylation sites (N-methyl/N-ethyl adjacent to an activating group) is 1. The van der Waals surface area contributed by atoms with Gasteiger partial charge in [-0.2, -0.15) is 0 Å². The lowest BCUT2D eigenvalue weighted by Crippen LogP contribution is -2.36. The Balaban J connectivity index is -0.000000110. The van der Waals surface area contributed by atoms with Crippen LogP contribution in [0.1, 0.15) is 26.7 Å². The van der Waals surface area contributed by atoms with Crippen molar-refractivity contribution in [1.29, 1.82) is 5.41 Å². The van der Waals surface area contributed by atoms with Crippen LogP contribution in [0.3, 0.4) is 0 Å². The molecule has 15 nitrogen and oxygen atoms in total. The average Bonchev–Trinajstić information content (AvgIpc) is 2.70. The van der Waals surface area contributed by atoms with Crippen LogP contribution in [-0.2, 0) is 9.59 Å². The highest BCUT2D eigenvalue weighted by atomic mass is 16.4. The largest absolute Gasteiger partial charge is 0.480 e. The van der Waals surface area contributed by atoms with Gasteiger partial charge in [-0.05, 0) is 19.8 Å². The Labute approximate surface area is 201 Å². The molecule has 0 saturated heterocycles. The summed E-state index contributed by atoms with van der Waals surface area (Å²) in [5, 5.41) is 66.1. The number of carboxylic acid groups (broad SMARTS) is 1. The van der Waals surface area contributed by atoms with Crippen molar-refractivity contribution in [2.24, 2.45) is 17.2 Å². The molecule has 0 aliphatic heterocycles. The Kier molecular flexibility index (Phi) is 35.8. The third-order valence-electron chi connectivity index (χ3n) is 2.78. The Bertz CT molecular complexity index is 470. The molecule has 208 valence electrons. The van der Waals surface area contributed by atoms with Gasteiger partial charge in [-0.25, -0.2) is 0 Å². The van der Waals surface area contributed by atoms with E-state index in [2.05, 4.69) is 32.2 Å². The zero-order chi connectivity index (χ0) is 28.3. The minimum Gasteiger partial charge on any atom is -0.480 e. The van der Waals surface area contributed by atoms with Crippen LogP contribution < -0.4 is 22.5 Å². The fraction of sp³-hybridized carbons (Fsp3) is 0.842. The minimum atomic E-state index is -1.00. The third kappa shape index (κ3) is 69.9. The predicted octanol–water partition coefficient (Wildman–Crippen LogP) is -4.47. The van der Waals surface area contributed by atoms with E-state index >= 15 is 0 Å². The van der Waals surface area contributed by atoms with Crippen LogP contribution >= 0.6 is 0 Å². The van der Waals surface area contributed by atoms with E-state index in [0.717, 1.165) is 11.0 Å². The number of carboxylic acids is 1. The number of guanidine groups is 1. The summed E-state index contributed by atoms with van der Waals surface area (Å²) in [6.45, 7) is 3.56. The molecule has 0 aromatic heterocycles. The molecule has 0 aliphatic rings. The van der Waals surface area contributed by atoms with Gasteiger partial charge < -0.3 is 62.7 Å². The van der Waals surface area contributed by atoms with Gasteiger partial charge in [0.2, 0.25) is 5.91 Å². The fourth-order valence-electron chi connectivity index (χ4n) is 1.03. The highest BCUT2D eigenvalue weighted by molar-refractivity contribution is 5.74. The number of nitrogens with two attached hydrogens (primary N) is 3. The Morgan fingerprint density at radius 3 is 1.53 bits per heavy atom. The smallest absolute Gasteiger partial charge is 0.320 e. The first-order valence-electron chi connectivity index (χ1n) is 10.3. The fourth-order valence-corrected chi connectivity index (χ4v) is 1.03. The first kappa shape index (κ1) is 42.1. The molecule has 2 atom stereocenters. The van der Waals surface area contributed by atoms with E-state index < -0.39 is 24.2 Å². The molecule has 2 unspecified atom stereocenters. The highest BCUT2D eigenvalue weighted by Crippen LogP contribution is 1.92. The van der Waals surface area contributed by atoms with E-state index in [9.17, 15) is 9.59 Å². The molecule has 0 bridgehead atoms. The molecule has 0 aliphatic carbocycles. The van der Waals surface area contributed by atoms with E-state index in [-0.39, 0.29) is 38.3 Å². The number of aliphatic carboxylic acids is 1. The number of carbonyl (C=O) groups is 2. The van der Waals surface area contributed by atoms with Crippen LogP contribution in [0.2, 0.25) is 0 Å². The quantitative estimate of drug-likeness (QED) is 0.0579. The third-order valence-corrected chi connectivity index (χ3v) is 2.78. The summed E-state index contributed by atoms with van der Waals surface area (Å²) in [6.07, 6.45) is -0.539. The van der Waals surface area contributed by atoms with Crippen LogP contribution in [0, 0.1) is 5.41 Å². The average molecular weight is 506 g/mol. The van der Waals surface area contributed by atoms with Crippen LogP contribution in [-0.4, -0.2) is 137 Å². The van der Waals surface area contributed by atoms with Gasteiger partial charge in [0.1, 0.15) is 18.7 Å². The monoisotopic (exact) mass is 505 g/mol. The Morgan fingerprint density at radius 2 is 1.38 bits per heavy atom. The summed E-state index contributed by atoms with van der Waals surface area (Å²) in [7, 11) is 6.16. The number of nitrogens with one attached hydrogen (secondary N) is 2. The first-order chi connectivity index (χ1) is 15.4. The molecule has 34 heavy (non-hydrogen) atoms. The van der Waals surface area contributed by atoms with Crippen LogP contribution in [0.25, 0.3) is 0 Å². The number of hydrogen-bond donors (Lipinski definition) is 12. The van der Waals surface area contributed by atoms with Gasteiger partial charge in [-0.1, -0.05) is 0 Å². The van der Waals surface area contributed by atoms with E-state index in [1.807, 2.05) is 0 Å². The maximum Gasteiger partial charge on any atom is 0.320 e. The molecule has 0 spiro atoms. The van der Waals surface area contributed by atoms with Gasteiger partial charge in [0, 0.05) is 13.5 Å². The summed E-state index contributed by atoms with van der Waals surface area (Å²) >= 11 is 0. The number of aliphatic hydroxyl groups excluding tert-OH is 6.